The number of nitrogens with zero attached hydrogens (tertiary/aromatic N) is 2. The second-order valence-electron chi connectivity index (χ2n) is 5.83. The van der Waals surface area contributed by atoms with Crippen LogP contribution in [-0.4, -0.2) is 42.8 Å². The van der Waals surface area contributed by atoms with Gasteiger partial charge in [0.1, 0.15) is 5.52 Å². The summed E-state index contributed by atoms with van der Waals surface area (Å²) in [5, 5.41) is 4.92. The summed E-state index contributed by atoms with van der Waals surface area (Å²) in [6.07, 6.45) is 0. The van der Waals surface area contributed by atoms with Crippen LogP contribution in [0.4, 0.5) is 0 Å². The Morgan fingerprint density at radius 1 is 1.25 bits per heavy atom. The Morgan fingerprint density at radius 2 is 2.00 bits per heavy atom. The summed E-state index contributed by atoms with van der Waals surface area (Å²) >= 11 is 0. The first kappa shape index (κ1) is 16.2. The van der Waals surface area contributed by atoms with Gasteiger partial charge in [0.2, 0.25) is 0 Å². The van der Waals surface area contributed by atoms with E-state index in [1.165, 1.54) is 0 Å². The molecule has 0 radical (unpaired) electrons. The molecule has 3 rings (SSSR count). The summed E-state index contributed by atoms with van der Waals surface area (Å²) in [6, 6.07) is 15.2. The minimum atomic E-state index is -0.0540. The maximum Gasteiger partial charge on any atom is 0.253 e. The summed E-state index contributed by atoms with van der Waals surface area (Å²) in [4.78, 5) is 14.4. The number of fused-ring (bicyclic) bond motifs is 1. The molecule has 24 heavy (non-hydrogen) atoms. The Balaban J connectivity index is 1.98. The molecule has 0 aliphatic rings. The molecule has 1 unspecified atom stereocenters. The molecule has 0 aliphatic heterocycles. The first-order valence-electron chi connectivity index (χ1n) is 7.82. The first-order valence-corrected chi connectivity index (χ1v) is 7.82. The number of hydrogen-bond donors (Lipinski definition) is 0. The SMILES string of the molecule is COCC(C)N(C)C(=O)c1ccc2noc(-c3ccccc3)c2c1. The molecule has 2 aromatic carbocycles. The van der Waals surface area contributed by atoms with E-state index in [1.807, 2.05) is 49.4 Å². The lowest BCUT2D eigenvalue weighted by molar-refractivity contribution is 0.0633. The van der Waals surface area contributed by atoms with Gasteiger partial charge in [0.05, 0.1) is 18.0 Å². The van der Waals surface area contributed by atoms with Crippen LogP contribution >= 0.6 is 0 Å². The number of rotatable bonds is 5. The molecular weight excluding hydrogens is 304 g/mol. The summed E-state index contributed by atoms with van der Waals surface area (Å²) < 4.78 is 10.6. The van der Waals surface area contributed by atoms with E-state index in [2.05, 4.69) is 5.16 Å². The van der Waals surface area contributed by atoms with Crippen molar-refractivity contribution in [1.29, 1.82) is 0 Å². The van der Waals surface area contributed by atoms with Crippen molar-refractivity contribution >= 4 is 16.8 Å². The van der Waals surface area contributed by atoms with Crippen LogP contribution in [0.25, 0.3) is 22.2 Å². The fourth-order valence-electron chi connectivity index (χ4n) is 2.63. The third-order valence-corrected chi connectivity index (χ3v) is 4.15. The van der Waals surface area contributed by atoms with E-state index in [1.54, 1.807) is 25.1 Å². The lowest BCUT2D eigenvalue weighted by Gasteiger charge is -2.24. The number of hydrogen-bond acceptors (Lipinski definition) is 4. The van der Waals surface area contributed by atoms with Crippen molar-refractivity contribution in [2.45, 2.75) is 13.0 Å². The Kier molecular flexibility index (Phi) is 4.62. The fraction of sp³-hybridized carbons (Fsp3) is 0.263. The molecule has 0 aliphatic carbocycles. The molecule has 0 saturated carbocycles. The lowest BCUT2D eigenvalue weighted by Crippen LogP contribution is -2.37. The average molecular weight is 324 g/mol. The van der Waals surface area contributed by atoms with Gasteiger partial charge in [0.25, 0.3) is 5.91 Å². The zero-order valence-electron chi connectivity index (χ0n) is 14.0. The van der Waals surface area contributed by atoms with Crippen molar-refractivity contribution in [1.82, 2.24) is 10.1 Å². The number of amides is 1. The van der Waals surface area contributed by atoms with Crippen molar-refractivity contribution in [3.8, 4) is 11.3 Å². The number of methoxy groups -OCH3 is 1. The van der Waals surface area contributed by atoms with Crippen molar-refractivity contribution in [2.24, 2.45) is 0 Å². The van der Waals surface area contributed by atoms with Crippen LogP contribution in [0.3, 0.4) is 0 Å². The predicted octanol–water partition coefficient (Wildman–Crippen LogP) is 3.60. The largest absolute Gasteiger partial charge is 0.383 e. The highest BCUT2D eigenvalue weighted by Crippen LogP contribution is 2.29. The molecule has 0 fully saturated rings. The van der Waals surface area contributed by atoms with Gasteiger partial charge in [-0.3, -0.25) is 4.79 Å². The summed E-state index contributed by atoms with van der Waals surface area (Å²) in [6.45, 7) is 2.45. The molecule has 0 bridgehead atoms. The third-order valence-electron chi connectivity index (χ3n) is 4.15. The van der Waals surface area contributed by atoms with Crippen LogP contribution in [0.2, 0.25) is 0 Å². The fourth-order valence-corrected chi connectivity index (χ4v) is 2.63. The zero-order valence-corrected chi connectivity index (χ0v) is 14.0. The highest BCUT2D eigenvalue weighted by molar-refractivity contribution is 6.01. The lowest BCUT2D eigenvalue weighted by atomic mass is 10.1. The Bertz CT molecular complexity index is 842. The van der Waals surface area contributed by atoms with Crippen molar-refractivity contribution in [3.05, 3.63) is 54.1 Å². The molecule has 1 atom stereocenters. The van der Waals surface area contributed by atoms with Gasteiger partial charge in [-0.15, -0.1) is 0 Å². The number of likely N-dealkylation sites (N-methyl/N-ethyl adjacent to an activating group) is 1. The van der Waals surface area contributed by atoms with Crippen LogP contribution in [0.1, 0.15) is 17.3 Å². The third kappa shape index (κ3) is 3.03. The first-order chi connectivity index (χ1) is 11.6. The van der Waals surface area contributed by atoms with E-state index in [4.69, 9.17) is 9.26 Å². The topological polar surface area (TPSA) is 55.6 Å². The number of ether oxygens (including phenoxy) is 1. The van der Waals surface area contributed by atoms with Gasteiger partial charge in [-0.25, -0.2) is 0 Å². The average Bonchev–Trinajstić information content (AvgIpc) is 3.04. The molecule has 124 valence electrons. The van der Waals surface area contributed by atoms with Gasteiger partial charge in [0.15, 0.2) is 5.76 Å². The molecule has 0 saturated heterocycles. The molecular formula is C19H20N2O3. The zero-order chi connectivity index (χ0) is 17.1. The predicted molar refractivity (Wildman–Crippen MR) is 92.9 cm³/mol. The van der Waals surface area contributed by atoms with Crippen LogP contribution in [0.5, 0.6) is 0 Å². The standard InChI is InChI=1S/C19H20N2O3/c1-13(12-23-3)21(2)19(22)15-9-10-17-16(11-15)18(24-20-17)14-7-5-4-6-8-14/h4-11,13H,12H2,1-3H3. The maximum absolute atomic E-state index is 12.7. The smallest absolute Gasteiger partial charge is 0.253 e. The Morgan fingerprint density at radius 3 is 2.71 bits per heavy atom. The molecule has 1 amide bonds. The monoisotopic (exact) mass is 324 g/mol. The number of benzene rings is 2. The number of carbonyl (C=O) groups excluding carboxylic acids is 1. The normalized spacial score (nSPS) is 12.3. The molecule has 0 N–H and O–H groups in total. The molecule has 5 nitrogen and oxygen atoms in total. The van der Waals surface area contributed by atoms with Gasteiger partial charge in [-0.2, -0.15) is 0 Å². The second kappa shape index (κ2) is 6.84. The van der Waals surface area contributed by atoms with E-state index >= 15 is 0 Å². The van der Waals surface area contributed by atoms with Crippen molar-refractivity contribution in [2.75, 3.05) is 20.8 Å². The summed E-state index contributed by atoms with van der Waals surface area (Å²) in [7, 11) is 3.41. The van der Waals surface area contributed by atoms with Crippen molar-refractivity contribution in [3.63, 3.8) is 0 Å². The summed E-state index contributed by atoms with van der Waals surface area (Å²) in [5.41, 5.74) is 2.28. The molecule has 1 heterocycles. The highest BCUT2D eigenvalue weighted by Gasteiger charge is 2.19. The maximum atomic E-state index is 12.7. The number of aromatic nitrogens is 1. The van der Waals surface area contributed by atoms with Gasteiger partial charge in [0, 0.05) is 25.3 Å². The van der Waals surface area contributed by atoms with Crippen molar-refractivity contribution < 1.29 is 14.1 Å². The summed E-state index contributed by atoms with van der Waals surface area (Å²) in [5.74, 6) is 0.620. The van der Waals surface area contributed by atoms with Crippen LogP contribution < -0.4 is 0 Å². The van der Waals surface area contributed by atoms with E-state index in [-0.39, 0.29) is 11.9 Å². The van der Waals surface area contributed by atoms with Gasteiger partial charge in [-0.05, 0) is 25.1 Å². The van der Waals surface area contributed by atoms with E-state index in [0.717, 1.165) is 16.5 Å². The minimum absolute atomic E-state index is 0.00531. The second-order valence-corrected chi connectivity index (χ2v) is 5.83. The Labute approximate surface area is 140 Å². The number of carbonyl (C=O) groups is 1. The van der Waals surface area contributed by atoms with Gasteiger partial charge >= 0.3 is 0 Å². The van der Waals surface area contributed by atoms with E-state index in [0.29, 0.717) is 17.9 Å². The van der Waals surface area contributed by atoms with Crippen LogP contribution in [0, 0.1) is 0 Å². The van der Waals surface area contributed by atoms with Crippen LogP contribution in [0.15, 0.2) is 53.1 Å². The quantitative estimate of drug-likeness (QED) is 0.719. The highest BCUT2D eigenvalue weighted by atomic mass is 16.5. The van der Waals surface area contributed by atoms with Gasteiger partial charge in [-0.1, -0.05) is 35.5 Å². The minimum Gasteiger partial charge on any atom is -0.383 e. The molecule has 3 aromatic rings. The Hall–Kier alpha value is -2.66. The van der Waals surface area contributed by atoms with Crippen LogP contribution in [-0.2, 0) is 4.74 Å². The molecule has 0 spiro atoms. The van der Waals surface area contributed by atoms with Gasteiger partial charge < -0.3 is 14.2 Å². The van der Waals surface area contributed by atoms with E-state index < -0.39 is 0 Å². The molecule has 5 heteroatoms. The molecule has 1 aromatic heterocycles. The van der Waals surface area contributed by atoms with E-state index in [9.17, 15) is 4.79 Å².